The number of rotatable bonds is 5. The lowest BCUT2D eigenvalue weighted by Crippen LogP contribution is -2.42. The summed E-state index contributed by atoms with van der Waals surface area (Å²) in [5, 5.41) is 25.0. The number of para-hydroxylation sites is 1. The maximum atomic E-state index is 9.95. The number of nitrogens with one attached hydrogen (secondary N) is 1. The molecule has 8 unspecified atom stereocenters. The Labute approximate surface area is 325 Å². The van der Waals surface area contributed by atoms with Crippen LogP contribution in [-0.2, 0) is 6.42 Å². The van der Waals surface area contributed by atoms with Crippen molar-refractivity contribution in [2.24, 2.45) is 34.6 Å². The minimum Gasteiger partial charge on any atom is -0.348 e. The van der Waals surface area contributed by atoms with Gasteiger partial charge in [0.1, 0.15) is 18.2 Å². The smallest absolute Gasteiger partial charge is 0.132 e. The molecule has 4 aliphatic carbocycles. The largest absolute Gasteiger partial charge is 0.348 e. The maximum absolute atomic E-state index is 9.95. The van der Waals surface area contributed by atoms with Crippen LogP contribution in [0.25, 0.3) is 22.6 Å². The van der Waals surface area contributed by atoms with Gasteiger partial charge in [-0.25, -0.2) is 0 Å². The molecule has 10 rings (SSSR count). The monoisotopic (exact) mass is 722 g/mol. The van der Waals surface area contributed by atoms with Gasteiger partial charge in [0.2, 0.25) is 0 Å². The van der Waals surface area contributed by atoms with E-state index in [0.717, 1.165) is 30.7 Å². The molecule has 0 radical (unpaired) electrons. The number of nitrogens with zero attached hydrogens (tertiary/aromatic N) is 5. The summed E-state index contributed by atoms with van der Waals surface area (Å²) >= 11 is 0. The normalized spacial score (nSPS) is 31.0. The third kappa shape index (κ3) is 5.76. The summed E-state index contributed by atoms with van der Waals surface area (Å²) in [6.07, 6.45) is 30.6. The van der Waals surface area contributed by atoms with Crippen molar-refractivity contribution in [1.82, 2.24) is 14.8 Å². The van der Waals surface area contributed by atoms with Crippen LogP contribution in [0.1, 0.15) is 106 Å². The number of hydrogen-bond acceptors (Lipinski definition) is 5. The van der Waals surface area contributed by atoms with Gasteiger partial charge in [-0.2, -0.15) is 10.5 Å². The highest BCUT2D eigenvalue weighted by Gasteiger charge is 2.44. The first-order valence-corrected chi connectivity index (χ1v) is 20.9. The average Bonchev–Trinajstić information content (AvgIpc) is 3.76. The lowest BCUT2D eigenvalue weighted by Gasteiger charge is -2.41. The van der Waals surface area contributed by atoms with Crippen LogP contribution in [0.2, 0.25) is 0 Å². The number of nitriles is 2. The highest BCUT2D eigenvalue weighted by atomic mass is 15.4. The first kappa shape index (κ1) is 34.2. The molecule has 55 heavy (non-hydrogen) atoms. The first-order chi connectivity index (χ1) is 27.1. The van der Waals surface area contributed by atoms with E-state index in [-0.39, 0.29) is 18.2 Å². The van der Waals surface area contributed by atoms with E-state index in [1.165, 1.54) is 95.9 Å². The van der Waals surface area contributed by atoms with Gasteiger partial charge in [-0.1, -0.05) is 80.5 Å². The number of allylic oxidation sites excluding steroid dienone is 8. The summed E-state index contributed by atoms with van der Waals surface area (Å²) in [5.41, 5.74) is 11.6. The van der Waals surface area contributed by atoms with Crippen molar-refractivity contribution < 1.29 is 0 Å². The zero-order valence-corrected chi connectivity index (χ0v) is 31.9. The maximum Gasteiger partial charge on any atom is 0.132 e. The van der Waals surface area contributed by atoms with Gasteiger partial charge in [-0.05, 0) is 140 Å². The predicted octanol–water partition coefficient (Wildman–Crippen LogP) is 10.9. The lowest BCUT2D eigenvalue weighted by atomic mass is 9.64. The minimum absolute atomic E-state index is 0.103. The Kier molecular flexibility index (Phi) is 8.74. The number of fused-ring (bicyclic) bond motifs is 5. The second-order valence-corrected chi connectivity index (χ2v) is 16.9. The van der Waals surface area contributed by atoms with E-state index in [4.69, 9.17) is 4.99 Å². The molecule has 7 aliphatic rings. The molecule has 1 saturated carbocycles. The van der Waals surface area contributed by atoms with Crippen LogP contribution in [0.3, 0.4) is 0 Å². The molecule has 6 nitrogen and oxygen atoms in total. The van der Waals surface area contributed by atoms with Crippen molar-refractivity contribution in [2.45, 2.75) is 95.8 Å². The van der Waals surface area contributed by atoms with Crippen LogP contribution in [0.5, 0.6) is 0 Å². The molecular weight excluding hydrogens is 673 g/mol. The summed E-state index contributed by atoms with van der Waals surface area (Å²) in [6, 6.07) is 22.9. The summed E-state index contributed by atoms with van der Waals surface area (Å²) < 4.78 is 2.50. The Hall–Kier alpha value is -5.33. The summed E-state index contributed by atoms with van der Waals surface area (Å²) in [5.74, 6) is 3.22. The summed E-state index contributed by atoms with van der Waals surface area (Å²) in [7, 11) is 0. The molecular formula is C49H50N6. The number of benzene rings is 2. The predicted molar refractivity (Wildman–Crippen MR) is 221 cm³/mol. The molecule has 0 saturated heterocycles. The molecule has 1 aromatic heterocycles. The Bertz CT molecular complexity index is 2350. The fraction of sp³-hybridized carbons (Fsp3) is 0.408. The Morgan fingerprint density at radius 3 is 2.62 bits per heavy atom. The van der Waals surface area contributed by atoms with E-state index in [0.29, 0.717) is 29.6 Å². The van der Waals surface area contributed by atoms with Crippen LogP contribution >= 0.6 is 0 Å². The molecule has 6 heteroatoms. The number of dihydropyridines is 1. The van der Waals surface area contributed by atoms with Gasteiger partial charge in [-0.15, -0.1) is 0 Å². The third-order valence-corrected chi connectivity index (χ3v) is 14.0. The van der Waals surface area contributed by atoms with Gasteiger partial charge < -0.3 is 14.8 Å². The topological polar surface area (TPSA) is 80.1 Å². The SMILES string of the molecule is CC1C=C(C#N)C=CC1C1CCCCC1c1ccccc1C1=CC(n2c3c(c4ccccc42)CC(C#N)C=C3)NC(N2C3=C(CCCC3)C3CCC=NC32)=C1. The molecule has 3 aromatic rings. The van der Waals surface area contributed by atoms with E-state index in [1.807, 2.05) is 0 Å². The van der Waals surface area contributed by atoms with Crippen molar-refractivity contribution >= 4 is 28.8 Å². The van der Waals surface area contributed by atoms with Crippen LogP contribution < -0.4 is 5.32 Å². The number of hydrogen-bond donors (Lipinski definition) is 1. The standard InChI is InChI=1S/C49H50N6/c1-31-25-32(29-50)20-22-35(31)37-12-4-5-14-39(37)38-13-3-2-11-36(38)34-27-47(54-44-18-8-7-16-41(44)43-26-33(30-51)21-23-46(43)54)53-48(28-34)55-45-19-9-6-15-40(45)42-17-10-24-52-49(42)55/h2-3,7-8,11,13,16,18,20-25,27-28,31,33,35,37,39,42,47,49,53H,4-6,9-10,12,14-15,17,19,26H2,1H3. The van der Waals surface area contributed by atoms with Gasteiger partial charge in [0, 0.05) is 34.5 Å². The molecule has 0 amide bonds. The van der Waals surface area contributed by atoms with Crippen molar-refractivity contribution in [3.63, 3.8) is 0 Å². The molecule has 3 aliphatic heterocycles. The molecule has 276 valence electrons. The first-order valence-electron chi connectivity index (χ1n) is 20.9. The molecule has 8 atom stereocenters. The number of aromatic nitrogens is 1. The molecule has 0 spiro atoms. The quantitative estimate of drug-likeness (QED) is 0.284. The highest BCUT2D eigenvalue weighted by molar-refractivity contribution is 5.90. The minimum atomic E-state index is -0.141. The van der Waals surface area contributed by atoms with E-state index < -0.39 is 0 Å². The van der Waals surface area contributed by atoms with Crippen molar-refractivity contribution in [3.05, 3.63) is 130 Å². The molecule has 0 bridgehead atoms. The van der Waals surface area contributed by atoms with Gasteiger partial charge in [0.15, 0.2) is 0 Å². The zero-order valence-electron chi connectivity index (χ0n) is 31.9. The van der Waals surface area contributed by atoms with Crippen LogP contribution in [0.4, 0.5) is 0 Å². The Morgan fingerprint density at radius 2 is 1.73 bits per heavy atom. The van der Waals surface area contributed by atoms with Crippen LogP contribution in [0, 0.1) is 52.3 Å². The Morgan fingerprint density at radius 1 is 0.873 bits per heavy atom. The van der Waals surface area contributed by atoms with Gasteiger partial charge in [-0.3, -0.25) is 4.99 Å². The van der Waals surface area contributed by atoms with Crippen molar-refractivity contribution in [1.29, 1.82) is 10.5 Å². The van der Waals surface area contributed by atoms with Gasteiger partial charge in [0.25, 0.3) is 0 Å². The average molecular weight is 723 g/mol. The number of aliphatic imine (C=N–C) groups is 1. The fourth-order valence-electron chi connectivity index (χ4n) is 11.5. The molecule has 4 heterocycles. The lowest BCUT2D eigenvalue weighted by molar-refractivity contribution is 0.214. The van der Waals surface area contributed by atoms with E-state index >= 15 is 0 Å². The highest BCUT2D eigenvalue weighted by Crippen LogP contribution is 2.51. The molecule has 2 aromatic carbocycles. The second kappa shape index (κ2) is 14.1. The second-order valence-electron chi connectivity index (χ2n) is 16.9. The van der Waals surface area contributed by atoms with E-state index in [2.05, 4.69) is 131 Å². The van der Waals surface area contributed by atoms with Gasteiger partial charge in [0.05, 0.1) is 23.6 Å². The van der Waals surface area contributed by atoms with E-state index in [9.17, 15) is 10.5 Å². The van der Waals surface area contributed by atoms with E-state index in [1.54, 1.807) is 5.57 Å². The van der Waals surface area contributed by atoms with Gasteiger partial charge >= 0.3 is 0 Å². The van der Waals surface area contributed by atoms with Crippen molar-refractivity contribution in [3.8, 4) is 12.1 Å². The molecule has 1 N–H and O–H groups in total. The summed E-state index contributed by atoms with van der Waals surface area (Å²) in [6.45, 7) is 2.30. The molecule has 1 fully saturated rings. The zero-order chi connectivity index (χ0) is 37.0. The van der Waals surface area contributed by atoms with Crippen molar-refractivity contribution in [2.75, 3.05) is 0 Å². The summed E-state index contributed by atoms with van der Waals surface area (Å²) in [4.78, 5) is 7.85. The third-order valence-electron chi connectivity index (χ3n) is 14.0. The fourth-order valence-corrected chi connectivity index (χ4v) is 11.5. The Balaban J connectivity index is 1.13. The van der Waals surface area contributed by atoms with Crippen LogP contribution in [0.15, 0.2) is 113 Å². The van der Waals surface area contributed by atoms with Crippen LogP contribution in [-0.4, -0.2) is 21.8 Å².